The molecule has 0 saturated carbocycles. The fraction of sp³-hybridized carbons (Fsp3) is 0.167. The Morgan fingerprint density at radius 2 is 1.81 bits per heavy atom. The van der Waals surface area contributed by atoms with Crippen molar-refractivity contribution < 1.29 is 4.74 Å². The minimum atomic E-state index is -0.0541. The molecule has 0 radical (unpaired) electrons. The van der Waals surface area contributed by atoms with Crippen molar-refractivity contribution in [3.63, 3.8) is 0 Å². The number of hydrogen-bond donors (Lipinski definition) is 1. The van der Waals surface area contributed by atoms with Gasteiger partial charge in [0.2, 0.25) is 0 Å². The van der Waals surface area contributed by atoms with Crippen LogP contribution in [0.2, 0.25) is 0 Å². The van der Waals surface area contributed by atoms with Crippen molar-refractivity contribution in [2.75, 3.05) is 6.61 Å². The van der Waals surface area contributed by atoms with Crippen LogP contribution in [0.25, 0.3) is 10.9 Å². The van der Waals surface area contributed by atoms with E-state index in [0.717, 1.165) is 28.6 Å². The fourth-order valence-electron chi connectivity index (χ4n) is 2.43. The van der Waals surface area contributed by atoms with Gasteiger partial charge in [0.05, 0.1) is 12.1 Å². The van der Waals surface area contributed by atoms with Crippen molar-refractivity contribution in [1.29, 1.82) is 0 Å². The molecule has 2 N–H and O–H groups in total. The first-order chi connectivity index (χ1) is 10.3. The summed E-state index contributed by atoms with van der Waals surface area (Å²) in [6.45, 7) is 0.599. The van der Waals surface area contributed by atoms with Gasteiger partial charge in [-0.15, -0.1) is 0 Å². The van der Waals surface area contributed by atoms with Crippen LogP contribution in [0.15, 0.2) is 66.9 Å². The van der Waals surface area contributed by atoms with E-state index in [1.165, 1.54) is 0 Å². The number of para-hydroxylation sites is 1. The topological polar surface area (TPSA) is 48.1 Å². The van der Waals surface area contributed by atoms with Crippen LogP contribution in [0.1, 0.15) is 18.0 Å². The van der Waals surface area contributed by atoms with Gasteiger partial charge >= 0.3 is 0 Å². The van der Waals surface area contributed by atoms with Gasteiger partial charge in [0.25, 0.3) is 0 Å². The number of hydrogen-bond acceptors (Lipinski definition) is 3. The summed E-state index contributed by atoms with van der Waals surface area (Å²) in [6.07, 6.45) is 2.57. The van der Waals surface area contributed by atoms with Crippen LogP contribution in [0.5, 0.6) is 5.75 Å². The highest BCUT2D eigenvalue weighted by Gasteiger charge is 2.10. The highest BCUT2D eigenvalue weighted by molar-refractivity contribution is 5.82. The maximum Gasteiger partial charge on any atom is 0.119 e. The zero-order valence-corrected chi connectivity index (χ0v) is 11.8. The summed E-state index contributed by atoms with van der Waals surface area (Å²) in [6, 6.07) is 19.8. The molecule has 0 saturated heterocycles. The van der Waals surface area contributed by atoms with Crippen LogP contribution in [0, 0.1) is 0 Å². The molecule has 0 aliphatic heterocycles. The molecule has 3 heteroatoms. The lowest BCUT2D eigenvalue weighted by atomic mass is 10.00. The molecule has 3 nitrogen and oxygen atoms in total. The first-order valence-electron chi connectivity index (χ1n) is 7.11. The molecule has 3 rings (SSSR count). The van der Waals surface area contributed by atoms with Gasteiger partial charge < -0.3 is 10.5 Å². The number of nitrogens with zero attached hydrogens (tertiary/aromatic N) is 1. The number of aromatic nitrogens is 1. The van der Waals surface area contributed by atoms with Crippen molar-refractivity contribution in [1.82, 2.24) is 4.98 Å². The van der Waals surface area contributed by atoms with Gasteiger partial charge in [0, 0.05) is 24.0 Å². The van der Waals surface area contributed by atoms with Crippen LogP contribution in [0.3, 0.4) is 0 Å². The molecule has 0 spiro atoms. The van der Waals surface area contributed by atoms with Gasteiger partial charge in [-0.2, -0.15) is 0 Å². The van der Waals surface area contributed by atoms with E-state index in [1.54, 1.807) is 6.20 Å². The Labute approximate surface area is 124 Å². The van der Waals surface area contributed by atoms with E-state index >= 15 is 0 Å². The van der Waals surface area contributed by atoms with Crippen molar-refractivity contribution in [2.24, 2.45) is 5.73 Å². The molecule has 21 heavy (non-hydrogen) atoms. The third-order valence-corrected chi connectivity index (χ3v) is 3.52. The van der Waals surface area contributed by atoms with E-state index in [4.69, 9.17) is 10.5 Å². The molecular weight excluding hydrogens is 260 g/mol. The monoisotopic (exact) mass is 278 g/mol. The minimum absolute atomic E-state index is 0.0541. The summed E-state index contributed by atoms with van der Waals surface area (Å²) in [5, 5.41) is 1.12. The summed E-state index contributed by atoms with van der Waals surface area (Å²) in [5.74, 6) is 0.879. The highest BCUT2D eigenvalue weighted by Crippen LogP contribution is 2.23. The van der Waals surface area contributed by atoms with Crippen molar-refractivity contribution >= 4 is 10.9 Å². The average molecular weight is 278 g/mol. The van der Waals surface area contributed by atoms with Crippen molar-refractivity contribution in [3.8, 4) is 5.75 Å². The second kappa shape index (κ2) is 6.37. The number of rotatable bonds is 5. The molecule has 3 aromatic rings. The second-order valence-electron chi connectivity index (χ2n) is 4.97. The number of ether oxygens (including phenoxy) is 1. The van der Waals surface area contributed by atoms with Crippen LogP contribution < -0.4 is 10.5 Å². The van der Waals surface area contributed by atoms with E-state index in [-0.39, 0.29) is 6.04 Å². The first-order valence-corrected chi connectivity index (χ1v) is 7.11. The van der Waals surface area contributed by atoms with E-state index < -0.39 is 0 Å². The maximum absolute atomic E-state index is 6.32. The maximum atomic E-state index is 6.32. The molecule has 0 fully saturated rings. The van der Waals surface area contributed by atoms with E-state index in [1.807, 2.05) is 48.5 Å². The van der Waals surface area contributed by atoms with Gasteiger partial charge in [-0.1, -0.05) is 36.4 Å². The molecule has 0 amide bonds. The predicted octanol–water partition coefficient (Wildman–Crippen LogP) is 3.70. The highest BCUT2D eigenvalue weighted by atomic mass is 16.5. The lowest BCUT2D eigenvalue weighted by Gasteiger charge is -2.15. The van der Waals surface area contributed by atoms with Crippen molar-refractivity contribution in [2.45, 2.75) is 12.5 Å². The molecule has 106 valence electrons. The summed E-state index contributed by atoms with van der Waals surface area (Å²) >= 11 is 0. The second-order valence-corrected chi connectivity index (χ2v) is 4.97. The zero-order chi connectivity index (χ0) is 14.5. The molecule has 1 unspecified atom stereocenters. The Hall–Kier alpha value is -2.39. The minimum Gasteiger partial charge on any atom is -0.494 e. The fourth-order valence-corrected chi connectivity index (χ4v) is 2.43. The number of fused-ring (bicyclic) bond motifs is 1. The normalized spacial score (nSPS) is 12.2. The van der Waals surface area contributed by atoms with Crippen LogP contribution in [-0.4, -0.2) is 11.6 Å². The van der Waals surface area contributed by atoms with Gasteiger partial charge in [0.1, 0.15) is 5.75 Å². The summed E-state index contributed by atoms with van der Waals surface area (Å²) in [7, 11) is 0. The van der Waals surface area contributed by atoms with Crippen LogP contribution in [-0.2, 0) is 0 Å². The van der Waals surface area contributed by atoms with Gasteiger partial charge in [-0.05, 0) is 29.8 Å². The lowest BCUT2D eigenvalue weighted by Crippen LogP contribution is -2.14. The molecule has 1 atom stereocenters. The standard InChI is InChI=1S/C18H18N2O/c19-17(11-13-21-14-6-2-1-3-7-14)15-8-4-10-18-16(15)9-5-12-20-18/h1-10,12,17H,11,13,19H2. The lowest BCUT2D eigenvalue weighted by molar-refractivity contribution is 0.299. The SMILES string of the molecule is NC(CCOc1ccccc1)c1cccc2ncccc12. The average Bonchev–Trinajstić information content (AvgIpc) is 2.55. The smallest absolute Gasteiger partial charge is 0.119 e. The van der Waals surface area contributed by atoms with Crippen LogP contribution >= 0.6 is 0 Å². The molecule has 0 aliphatic rings. The number of pyridine rings is 1. The quantitative estimate of drug-likeness (QED) is 0.774. The molecule has 0 bridgehead atoms. The van der Waals surface area contributed by atoms with Crippen molar-refractivity contribution in [3.05, 3.63) is 72.4 Å². The summed E-state index contributed by atoms with van der Waals surface area (Å²) < 4.78 is 5.71. The number of benzene rings is 2. The Kier molecular flexibility index (Phi) is 4.12. The predicted molar refractivity (Wildman–Crippen MR) is 85.2 cm³/mol. The summed E-state index contributed by atoms with van der Waals surface area (Å²) in [4.78, 5) is 4.37. The molecule has 2 aromatic carbocycles. The van der Waals surface area contributed by atoms with E-state index in [9.17, 15) is 0 Å². The molecule has 1 aromatic heterocycles. The Morgan fingerprint density at radius 3 is 2.67 bits per heavy atom. The summed E-state index contributed by atoms with van der Waals surface area (Å²) in [5.41, 5.74) is 8.42. The largest absolute Gasteiger partial charge is 0.494 e. The molecular formula is C18H18N2O. The third kappa shape index (κ3) is 3.20. The molecule has 0 aliphatic carbocycles. The Bertz CT molecular complexity index is 707. The van der Waals surface area contributed by atoms with E-state index in [0.29, 0.717) is 6.61 Å². The molecule has 1 heterocycles. The van der Waals surface area contributed by atoms with Gasteiger partial charge in [-0.3, -0.25) is 4.98 Å². The van der Waals surface area contributed by atoms with E-state index in [2.05, 4.69) is 17.1 Å². The zero-order valence-electron chi connectivity index (χ0n) is 11.8. The Balaban J connectivity index is 1.68. The third-order valence-electron chi connectivity index (χ3n) is 3.52. The van der Waals surface area contributed by atoms with Gasteiger partial charge in [-0.25, -0.2) is 0 Å². The number of nitrogens with two attached hydrogens (primary N) is 1. The first kappa shape index (κ1) is 13.6. The van der Waals surface area contributed by atoms with Gasteiger partial charge in [0.15, 0.2) is 0 Å². The van der Waals surface area contributed by atoms with Crippen LogP contribution in [0.4, 0.5) is 0 Å². The Morgan fingerprint density at radius 1 is 0.952 bits per heavy atom.